The van der Waals surface area contributed by atoms with Crippen molar-refractivity contribution in [3.8, 4) is 0 Å². The first kappa shape index (κ1) is 10.0. The minimum absolute atomic E-state index is 1.04. The fraction of sp³-hybridized carbons (Fsp3) is 0.385. The van der Waals surface area contributed by atoms with Gasteiger partial charge in [0.1, 0.15) is 0 Å². The highest BCUT2D eigenvalue weighted by atomic mass is 13.9. The van der Waals surface area contributed by atoms with E-state index >= 15 is 0 Å². The molecule has 0 bridgehead atoms. The van der Waals surface area contributed by atoms with Gasteiger partial charge >= 0.3 is 0 Å². The third-order valence-electron chi connectivity index (χ3n) is 2.03. The van der Waals surface area contributed by atoms with E-state index < -0.39 is 0 Å². The first-order chi connectivity index (χ1) is 6.50. The van der Waals surface area contributed by atoms with Gasteiger partial charge in [-0.2, -0.15) is 0 Å². The van der Waals surface area contributed by atoms with Crippen molar-refractivity contribution in [1.29, 1.82) is 0 Å². The Morgan fingerprint density at radius 2 is 1.00 bits per heavy atom. The van der Waals surface area contributed by atoms with Crippen molar-refractivity contribution < 1.29 is 0 Å². The number of hydrogen-bond donors (Lipinski definition) is 0. The maximum Gasteiger partial charge on any atom is -0.0163 e. The lowest BCUT2D eigenvalue weighted by atomic mass is 10.2. The second-order valence-corrected chi connectivity index (χ2v) is 3.23. The van der Waals surface area contributed by atoms with Gasteiger partial charge in [-0.15, -0.1) is 0 Å². The molecule has 0 heterocycles. The maximum absolute atomic E-state index is 2.25. The predicted molar refractivity (Wildman–Crippen MR) is 59.6 cm³/mol. The number of hydrogen-bond acceptors (Lipinski definition) is 0. The van der Waals surface area contributed by atoms with Crippen molar-refractivity contribution in [2.75, 3.05) is 0 Å². The molecule has 0 aliphatic heterocycles. The van der Waals surface area contributed by atoms with E-state index in [0.29, 0.717) is 0 Å². The van der Waals surface area contributed by atoms with Gasteiger partial charge < -0.3 is 0 Å². The Morgan fingerprint density at radius 3 is 1.54 bits per heavy atom. The van der Waals surface area contributed by atoms with Crippen LogP contribution < -0.4 is 0 Å². The Labute approximate surface area is 81.4 Å². The van der Waals surface area contributed by atoms with E-state index in [9.17, 15) is 0 Å². The van der Waals surface area contributed by atoms with Crippen molar-refractivity contribution >= 4 is 0 Å². The highest BCUT2D eigenvalue weighted by Crippen LogP contribution is 2.02. The van der Waals surface area contributed by atoms with E-state index in [1.54, 1.807) is 0 Å². The summed E-state index contributed by atoms with van der Waals surface area (Å²) in [5, 5.41) is 0. The SMILES string of the molecule is C1=CC/C=C/C=CCCCCC=C1. The van der Waals surface area contributed by atoms with Crippen LogP contribution in [-0.2, 0) is 0 Å². The molecule has 13 heavy (non-hydrogen) atoms. The highest BCUT2D eigenvalue weighted by Gasteiger charge is 1.82. The van der Waals surface area contributed by atoms with Gasteiger partial charge in [-0.05, 0) is 32.1 Å². The molecule has 0 atom stereocenters. The van der Waals surface area contributed by atoms with E-state index in [1.807, 2.05) is 0 Å². The standard InChI is InChI=1S/C13H18/c1-2-4-6-8-10-12-13-11-9-7-5-3-1/h1-4,7,9,11,13H,5-6,8,10,12H2/b3-1+,4-2?,9-7?,13-11?. The second kappa shape index (κ2) is 7.60. The van der Waals surface area contributed by atoms with Crippen molar-refractivity contribution in [2.24, 2.45) is 0 Å². The summed E-state index contributed by atoms with van der Waals surface area (Å²) in [6.45, 7) is 0. The van der Waals surface area contributed by atoms with Crippen LogP contribution in [0, 0.1) is 0 Å². The Balaban J connectivity index is 2.38. The Hall–Kier alpha value is -1.04. The predicted octanol–water partition coefficient (Wildman–Crippen LogP) is 4.18. The lowest BCUT2D eigenvalue weighted by molar-refractivity contribution is 0.762. The van der Waals surface area contributed by atoms with Gasteiger partial charge in [-0.3, -0.25) is 0 Å². The van der Waals surface area contributed by atoms with E-state index in [4.69, 9.17) is 0 Å². The summed E-state index contributed by atoms with van der Waals surface area (Å²) < 4.78 is 0. The molecule has 0 unspecified atom stereocenters. The summed E-state index contributed by atoms with van der Waals surface area (Å²) in [7, 11) is 0. The number of rotatable bonds is 0. The van der Waals surface area contributed by atoms with Gasteiger partial charge in [0.15, 0.2) is 0 Å². The molecule has 0 radical (unpaired) electrons. The first-order valence-electron chi connectivity index (χ1n) is 5.13. The quantitative estimate of drug-likeness (QED) is 0.517. The zero-order valence-corrected chi connectivity index (χ0v) is 8.15. The summed E-state index contributed by atoms with van der Waals surface area (Å²) in [4.78, 5) is 0. The van der Waals surface area contributed by atoms with E-state index in [-0.39, 0.29) is 0 Å². The zero-order valence-electron chi connectivity index (χ0n) is 8.15. The minimum atomic E-state index is 1.04. The average molecular weight is 174 g/mol. The number of allylic oxidation sites excluding steroid dienone is 8. The van der Waals surface area contributed by atoms with Crippen LogP contribution >= 0.6 is 0 Å². The molecule has 0 spiro atoms. The molecule has 0 nitrogen and oxygen atoms in total. The molecule has 1 aliphatic rings. The fourth-order valence-corrected chi connectivity index (χ4v) is 1.27. The molecule has 0 aromatic heterocycles. The van der Waals surface area contributed by atoms with Crippen LogP contribution in [0.25, 0.3) is 0 Å². The summed E-state index contributed by atoms with van der Waals surface area (Å²) in [5.41, 5.74) is 0. The fourth-order valence-electron chi connectivity index (χ4n) is 1.27. The van der Waals surface area contributed by atoms with Gasteiger partial charge in [-0.1, -0.05) is 48.6 Å². The molecule has 0 fully saturated rings. The van der Waals surface area contributed by atoms with Crippen LogP contribution in [0.4, 0.5) is 0 Å². The largest absolute Gasteiger partial charge is 0.0845 e. The summed E-state index contributed by atoms with van der Waals surface area (Å²) in [6, 6.07) is 0. The van der Waals surface area contributed by atoms with Gasteiger partial charge in [0.05, 0.1) is 0 Å². The molecular formula is C13H18. The van der Waals surface area contributed by atoms with Crippen LogP contribution in [0.2, 0.25) is 0 Å². The molecule has 0 aromatic carbocycles. The summed E-state index contributed by atoms with van der Waals surface area (Å²) in [6.07, 6.45) is 23.5. The topological polar surface area (TPSA) is 0 Å². The van der Waals surface area contributed by atoms with E-state index in [0.717, 1.165) is 6.42 Å². The molecule has 0 saturated carbocycles. The van der Waals surface area contributed by atoms with Crippen LogP contribution in [0.1, 0.15) is 32.1 Å². The first-order valence-corrected chi connectivity index (χ1v) is 5.13. The van der Waals surface area contributed by atoms with Gasteiger partial charge in [0.2, 0.25) is 0 Å². The Morgan fingerprint density at radius 1 is 0.538 bits per heavy atom. The Bertz CT molecular complexity index is 192. The molecule has 1 rings (SSSR count). The lowest BCUT2D eigenvalue weighted by Gasteiger charge is -1.91. The van der Waals surface area contributed by atoms with E-state index in [2.05, 4.69) is 48.6 Å². The van der Waals surface area contributed by atoms with Crippen LogP contribution in [0.5, 0.6) is 0 Å². The summed E-state index contributed by atoms with van der Waals surface area (Å²) >= 11 is 0. The highest BCUT2D eigenvalue weighted by molar-refractivity contribution is 5.08. The molecule has 0 aromatic rings. The normalized spacial score (nSPS) is 21.5. The molecule has 1 aliphatic carbocycles. The van der Waals surface area contributed by atoms with Crippen LogP contribution in [0.3, 0.4) is 0 Å². The zero-order chi connectivity index (χ0) is 9.19. The van der Waals surface area contributed by atoms with Gasteiger partial charge in [0, 0.05) is 0 Å². The average Bonchev–Trinajstić information content (AvgIpc) is 2.18. The van der Waals surface area contributed by atoms with Crippen molar-refractivity contribution in [1.82, 2.24) is 0 Å². The van der Waals surface area contributed by atoms with Crippen molar-refractivity contribution in [2.45, 2.75) is 32.1 Å². The Kier molecular flexibility index (Phi) is 5.87. The minimum Gasteiger partial charge on any atom is -0.0845 e. The lowest BCUT2D eigenvalue weighted by Crippen LogP contribution is -1.71. The van der Waals surface area contributed by atoms with Crippen LogP contribution in [-0.4, -0.2) is 0 Å². The molecule has 0 saturated heterocycles. The molecule has 0 amide bonds. The monoisotopic (exact) mass is 174 g/mol. The van der Waals surface area contributed by atoms with Crippen LogP contribution in [0.15, 0.2) is 48.6 Å². The third kappa shape index (κ3) is 6.15. The van der Waals surface area contributed by atoms with Gasteiger partial charge in [-0.25, -0.2) is 0 Å². The maximum atomic E-state index is 2.25. The third-order valence-corrected chi connectivity index (χ3v) is 2.03. The molecule has 0 N–H and O–H groups in total. The second-order valence-electron chi connectivity index (χ2n) is 3.23. The van der Waals surface area contributed by atoms with Gasteiger partial charge in [0.25, 0.3) is 0 Å². The molecular weight excluding hydrogens is 156 g/mol. The van der Waals surface area contributed by atoms with E-state index in [1.165, 1.54) is 25.7 Å². The smallest absolute Gasteiger partial charge is 0.0163 e. The van der Waals surface area contributed by atoms with Crippen molar-refractivity contribution in [3.63, 3.8) is 0 Å². The summed E-state index contributed by atoms with van der Waals surface area (Å²) in [5.74, 6) is 0. The van der Waals surface area contributed by atoms with Crippen molar-refractivity contribution in [3.05, 3.63) is 48.6 Å². The molecule has 70 valence electrons. The molecule has 0 heteroatoms.